The highest BCUT2D eigenvalue weighted by Crippen LogP contribution is 2.38. The minimum absolute atomic E-state index is 0.151. The summed E-state index contributed by atoms with van der Waals surface area (Å²) < 4.78 is 38.2. The average molecular weight is 275 g/mol. The highest BCUT2D eigenvalue weighted by atomic mass is 32.2. The minimum Gasteiger partial charge on any atom is -0.398 e. The summed E-state index contributed by atoms with van der Waals surface area (Å²) in [5.41, 5.74) is 5.05. The van der Waals surface area contributed by atoms with E-state index >= 15 is 0 Å². The van der Waals surface area contributed by atoms with Crippen LogP contribution in [0.3, 0.4) is 0 Å². The first kappa shape index (κ1) is 12.3. The van der Waals surface area contributed by atoms with E-state index < -0.39 is 11.7 Å². The van der Waals surface area contributed by atoms with Crippen LogP contribution in [0.4, 0.5) is 18.9 Å². The topological polar surface area (TPSA) is 26.0 Å². The Hall–Kier alpha value is -1.14. The molecule has 0 unspecified atom stereocenters. The van der Waals surface area contributed by atoms with E-state index in [9.17, 15) is 13.2 Å². The van der Waals surface area contributed by atoms with E-state index in [1.54, 1.807) is 0 Å². The van der Waals surface area contributed by atoms with E-state index in [-0.39, 0.29) is 5.69 Å². The fourth-order valence-corrected chi connectivity index (χ4v) is 3.00. The van der Waals surface area contributed by atoms with Gasteiger partial charge in [-0.15, -0.1) is 11.3 Å². The third kappa shape index (κ3) is 2.95. The van der Waals surface area contributed by atoms with Crippen molar-refractivity contribution in [3.8, 4) is 0 Å². The zero-order valence-electron chi connectivity index (χ0n) is 8.49. The fraction of sp³-hybridized carbons (Fsp3) is 0.0909. The zero-order chi connectivity index (χ0) is 12.5. The zero-order valence-corrected chi connectivity index (χ0v) is 10.1. The van der Waals surface area contributed by atoms with Crippen molar-refractivity contribution in [2.24, 2.45) is 0 Å². The first-order valence-corrected chi connectivity index (χ1v) is 6.34. The molecule has 17 heavy (non-hydrogen) atoms. The van der Waals surface area contributed by atoms with Gasteiger partial charge in [-0.3, -0.25) is 0 Å². The Morgan fingerprint density at radius 1 is 1.18 bits per heavy atom. The molecule has 2 N–H and O–H groups in total. The molecule has 2 aromatic rings. The standard InChI is InChI=1S/C11H8F3NS2/c12-11(13,14)7-3-4-9(8(15)6-7)17-10-2-1-5-16-10/h1-6H,15H2. The largest absolute Gasteiger partial charge is 0.416 e. The molecule has 1 aromatic carbocycles. The normalized spacial score (nSPS) is 11.7. The predicted molar refractivity (Wildman–Crippen MR) is 64.3 cm³/mol. The summed E-state index contributed by atoms with van der Waals surface area (Å²) in [6.45, 7) is 0. The Morgan fingerprint density at radius 3 is 2.47 bits per heavy atom. The number of anilines is 1. The highest BCUT2D eigenvalue weighted by molar-refractivity contribution is 8.01. The third-order valence-electron chi connectivity index (χ3n) is 2.04. The van der Waals surface area contributed by atoms with Gasteiger partial charge in [-0.1, -0.05) is 17.8 Å². The van der Waals surface area contributed by atoms with Crippen LogP contribution in [0.25, 0.3) is 0 Å². The maximum absolute atomic E-state index is 12.4. The van der Waals surface area contributed by atoms with E-state index in [0.717, 1.165) is 16.3 Å². The van der Waals surface area contributed by atoms with Crippen LogP contribution in [-0.2, 0) is 6.18 Å². The summed E-state index contributed by atoms with van der Waals surface area (Å²) in [6.07, 6.45) is -4.35. The van der Waals surface area contributed by atoms with Gasteiger partial charge >= 0.3 is 6.18 Å². The summed E-state index contributed by atoms with van der Waals surface area (Å²) in [7, 11) is 0. The van der Waals surface area contributed by atoms with Crippen molar-refractivity contribution < 1.29 is 13.2 Å². The van der Waals surface area contributed by atoms with Crippen molar-refractivity contribution >= 4 is 28.8 Å². The molecule has 0 saturated heterocycles. The van der Waals surface area contributed by atoms with Gasteiger partial charge in [-0.25, -0.2) is 0 Å². The molecule has 0 aliphatic heterocycles. The number of hydrogen-bond acceptors (Lipinski definition) is 3. The van der Waals surface area contributed by atoms with Gasteiger partial charge in [0.15, 0.2) is 0 Å². The molecule has 0 saturated carbocycles. The second-order valence-electron chi connectivity index (χ2n) is 3.28. The van der Waals surface area contributed by atoms with Crippen LogP contribution in [0.1, 0.15) is 5.56 Å². The third-order valence-corrected chi connectivity index (χ3v) is 4.17. The summed E-state index contributed by atoms with van der Waals surface area (Å²) in [6, 6.07) is 7.20. The van der Waals surface area contributed by atoms with Crippen LogP contribution >= 0.6 is 23.1 Å². The lowest BCUT2D eigenvalue weighted by Gasteiger charge is -2.09. The first-order chi connectivity index (χ1) is 7.97. The number of hydrogen-bond donors (Lipinski definition) is 1. The minimum atomic E-state index is -4.35. The number of nitrogen functional groups attached to an aromatic ring is 1. The summed E-state index contributed by atoms with van der Waals surface area (Å²) >= 11 is 2.89. The molecule has 6 heteroatoms. The van der Waals surface area contributed by atoms with Crippen LogP contribution in [0.2, 0.25) is 0 Å². The molecular formula is C11H8F3NS2. The molecule has 0 spiro atoms. The number of alkyl halides is 3. The van der Waals surface area contributed by atoms with E-state index in [4.69, 9.17) is 5.73 Å². The van der Waals surface area contributed by atoms with Crippen LogP contribution in [-0.4, -0.2) is 0 Å². The lowest BCUT2D eigenvalue weighted by Crippen LogP contribution is -2.05. The number of benzene rings is 1. The van der Waals surface area contributed by atoms with E-state index in [1.807, 2.05) is 17.5 Å². The van der Waals surface area contributed by atoms with Gasteiger partial charge in [0.2, 0.25) is 0 Å². The first-order valence-electron chi connectivity index (χ1n) is 4.65. The molecule has 0 aliphatic carbocycles. The Balaban J connectivity index is 2.26. The van der Waals surface area contributed by atoms with Gasteiger partial charge in [-0.05, 0) is 29.6 Å². The van der Waals surface area contributed by atoms with Gasteiger partial charge in [0.1, 0.15) is 0 Å². The smallest absolute Gasteiger partial charge is 0.398 e. The van der Waals surface area contributed by atoms with E-state index in [2.05, 4.69) is 0 Å². The number of rotatable bonds is 2. The molecule has 90 valence electrons. The molecule has 0 atom stereocenters. The van der Waals surface area contributed by atoms with Crippen molar-refractivity contribution in [3.63, 3.8) is 0 Å². The van der Waals surface area contributed by atoms with E-state index in [1.165, 1.54) is 29.2 Å². The second-order valence-corrected chi connectivity index (χ2v) is 5.57. The lowest BCUT2D eigenvalue weighted by molar-refractivity contribution is -0.137. The van der Waals surface area contributed by atoms with Crippen molar-refractivity contribution in [1.82, 2.24) is 0 Å². The summed E-state index contributed by atoms with van der Waals surface area (Å²) in [5, 5.41) is 1.91. The van der Waals surface area contributed by atoms with Crippen molar-refractivity contribution in [3.05, 3.63) is 41.3 Å². The van der Waals surface area contributed by atoms with Crippen molar-refractivity contribution in [2.75, 3.05) is 5.73 Å². The SMILES string of the molecule is Nc1cc(C(F)(F)F)ccc1Sc1cccs1. The lowest BCUT2D eigenvalue weighted by atomic mass is 10.2. The molecule has 0 aliphatic rings. The van der Waals surface area contributed by atoms with E-state index in [0.29, 0.717) is 4.90 Å². The Morgan fingerprint density at radius 2 is 1.94 bits per heavy atom. The molecule has 2 rings (SSSR count). The van der Waals surface area contributed by atoms with Gasteiger partial charge in [0, 0.05) is 10.6 Å². The van der Waals surface area contributed by atoms with Gasteiger partial charge in [0.05, 0.1) is 9.77 Å². The fourth-order valence-electron chi connectivity index (χ4n) is 1.25. The van der Waals surface area contributed by atoms with Crippen LogP contribution in [0.5, 0.6) is 0 Å². The predicted octanol–water partition coefficient (Wildman–Crippen LogP) is 4.50. The molecule has 1 nitrogen and oxygen atoms in total. The monoisotopic (exact) mass is 275 g/mol. The number of thiophene rings is 1. The van der Waals surface area contributed by atoms with Crippen LogP contribution < -0.4 is 5.73 Å². The quantitative estimate of drug-likeness (QED) is 0.817. The maximum Gasteiger partial charge on any atom is 0.416 e. The Kier molecular flexibility index (Phi) is 3.35. The van der Waals surface area contributed by atoms with Crippen molar-refractivity contribution in [1.29, 1.82) is 0 Å². The molecule has 1 heterocycles. The molecule has 0 radical (unpaired) electrons. The van der Waals surface area contributed by atoms with Crippen molar-refractivity contribution in [2.45, 2.75) is 15.3 Å². The molecule has 0 fully saturated rings. The summed E-state index contributed by atoms with van der Waals surface area (Å²) in [5.74, 6) is 0. The molecule has 1 aromatic heterocycles. The molecule has 0 bridgehead atoms. The summed E-state index contributed by atoms with van der Waals surface area (Å²) in [4.78, 5) is 0.639. The number of halogens is 3. The molecule has 0 amide bonds. The average Bonchev–Trinajstić information content (AvgIpc) is 2.72. The second kappa shape index (κ2) is 4.62. The van der Waals surface area contributed by atoms with Crippen LogP contribution in [0, 0.1) is 0 Å². The Labute approximate surface area is 104 Å². The molecular weight excluding hydrogens is 267 g/mol. The van der Waals surface area contributed by atoms with Crippen LogP contribution in [0.15, 0.2) is 44.8 Å². The van der Waals surface area contributed by atoms with Gasteiger partial charge < -0.3 is 5.73 Å². The number of nitrogens with two attached hydrogens (primary N) is 1. The van der Waals surface area contributed by atoms with Gasteiger partial charge in [-0.2, -0.15) is 13.2 Å². The highest BCUT2D eigenvalue weighted by Gasteiger charge is 2.30. The Bertz CT molecular complexity index is 506. The van der Waals surface area contributed by atoms with Gasteiger partial charge in [0.25, 0.3) is 0 Å². The maximum atomic E-state index is 12.4.